The van der Waals surface area contributed by atoms with Gasteiger partial charge in [-0.3, -0.25) is 9.35 Å². The van der Waals surface area contributed by atoms with Gasteiger partial charge in [0.25, 0.3) is 0 Å². The second kappa shape index (κ2) is 7.63. The van der Waals surface area contributed by atoms with Crippen LogP contribution in [0.15, 0.2) is 0 Å². The minimum absolute atomic E-state index is 0.0911. The first-order valence-corrected chi connectivity index (χ1v) is 11.1. The number of nitrogens with zero attached hydrogens (tertiary/aromatic N) is 3. The fourth-order valence-electron chi connectivity index (χ4n) is 4.03. The molecule has 0 aromatic heterocycles. The van der Waals surface area contributed by atoms with E-state index in [9.17, 15) is 27.4 Å². The Kier molecular flexibility index (Phi) is 5.69. The van der Waals surface area contributed by atoms with Gasteiger partial charge >= 0.3 is 22.4 Å². The van der Waals surface area contributed by atoms with Gasteiger partial charge in [-0.05, 0) is 46.5 Å². The highest BCUT2D eigenvalue weighted by Crippen LogP contribution is 2.31. The maximum absolute atomic E-state index is 12.7. The van der Waals surface area contributed by atoms with Crippen molar-refractivity contribution in [2.24, 2.45) is 0 Å². The topological polar surface area (TPSA) is 137 Å². The van der Waals surface area contributed by atoms with Crippen molar-refractivity contribution >= 4 is 28.3 Å². The molecule has 0 aromatic rings. The predicted octanol–water partition coefficient (Wildman–Crippen LogP) is 0.574. The number of ether oxygens (including phenoxy) is 1. The summed E-state index contributed by atoms with van der Waals surface area (Å²) in [4.78, 5) is 40.0. The van der Waals surface area contributed by atoms with Crippen LogP contribution in [-0.2, 0) is 19.8 Å². The van der Waals surface area contributed by atoms with E-state index in [0.717, 1.165) is 0 Å². The van der Waals surface area contributed by atoms with Gasteiger partial charge in [-0.2, -0.15) is 12.7 Å². The number of nitrogens with one attached hydrogen (secondary N) is 1. The van der Waals surface area contributed by atoms with Crippen molar-refractivity contribution in [1.29, 1.82) is 0 Å². The number of amides is 4. The van der Waals surface area contributed by atoms with E-state index in [4.69, 9.17) is 4.74 Å². The SMILES string of the molecule is CC(C)(C)OC(=O)N1CCC(NC(=O)[C@@H]2CC[C@@H]3CN2C(=O)N3S(=O)(=O)O)CC1. The standard InChI is InChI=1S/C17H28N4O7S/c1-17(2,3)28-16(24)19-8-6-11(7-9-19)18-14(22)13-5-4-12-10-20(13)15(23)21(12)29(25,26)27/h11-13H,4-10H2,1-3H3,(H,18,22)(H,25,26,27)/t12-,13+/m1/s1. The molecule has 0 spiro atoms. The average molecular weight is 432 g/mol. The molecule has 3 aliphatic rings. The molecular weight excluding hydrogens is 404 g/mol. The van der Waals surface area contributed by atoms with E-state index in [1.54, 1.807) is 25.7 Å². The number of hydrogen-bond donors (Lipinski definition) is 2. The molecular formula is C17H28N4O7S. The third-order valence-electron chi connectivity index (χ3n) is 5.37. The smallest absolute Gasteiger partial charge is 0.410 e. The Balaban J connectivity index is 1.53. The molecule has 4 amide bonds. The van der Waals surface area contributed by atoms with E-state index in [-0.39, 0.29) is 24.6 Å². The summed E-state index contributed by atoms with van der Waals surface area (Å²) in [6.45, 7) is 6.39. The molecule has 2 atom stereocenters. The molecule has 2 N–H and O–H groups in total. The normalized spacial score (nSPS) is 25.9. The number of rotatable bonds is 3. The molecule has 0 radical (unpaired) electrons. The lowest BCUT2D eigenvalue weighted by Crippen LogP contribution is -2.54. The highest BCUT2D eigenvalue weighted by molar-refractivity contribution is 7.84. The number of piperidine rings is 2. The fourth-order valence-corrected chi connectivity index (χ4v) is 4.88. The summed E-state index contributed by atoms with van der Waals surface area (Å²) in [6.07, 6.45) is 1.38. The predicted molar refractivity (Wildman–Crippen MR) is 101 cm³/mol. The molecule has 3 heterocycles. The number of carbonyl (C=O) groups is 3. The molecule has 0 aliphatic carbocycles. The summed E-state index contributed by atoms with van der Waals surface area (Å²) >= 11 is 0. The van der Waals surface area contributed by atoms with Crippen LogP contribution in [0.4, 0.5) is 9.59 Å². The molecule has 29 heavy (non-hydrogen) atoms. The van der Waals surface area contributed by atoms with Gasteiger partial charge in [-0.1, -0.05) is 0 Å². The lowest BCUT2D eigenvalue weighted by molar-refractivity contribution is -0.127. The molecule has 164 valence electrons. The quantitative estimate of drug-likeness (QED) is 0.622. The van der Waals surface area contributed by atoms with Gasteiger partial charge in [0, 0.05) is 25.7 Å². The number of carbonyl (C=O) groups excluding carboxylic acids is 3. The van der Waals surface area contributed by atoms with Crippen LogP contribution >= 0.6 is 0 Å². The molecule has 0 unspecified atom stereocenters. The van der Waals surface area contributed by atoms with Crippen molar-refractivity contribution in [1.82, 2.24) is 19.4 Å². The first-order valence-electron chi connectivity index (χ1n) is 9.72. The summed E-state index contributed by atoms with van der Waals surface area (Å²) < 4.78 is 38.0. The molecule has 11 nitrogen and oxygen atoms in total. The van der Waals surface area contributed by atoms with E-state index < -0.39 is 34.0 Å². The van der Waals surface area contributed by atoms with Gasteiger partial charge < -0.3 is 19.9 Å². The second-order valence-electron chi connectivity index (χ2n) is 8.71. The van der Waals surface area contributed by atoms with Gasteiger partial charge in [0.15, 0.2) is 0 Å². The summed E-state index contributed by atoms with van der Waals surface area (Å²) in [6, 6.07) is -2.42. The molecule has 3 rings (SSSR count). The molecule has 0 aromatic carbocycles. The molecule has 0 saturated carbocycles. The summed E-state index contributed by atoms with van der Waals surface area (Å²) in [5.41, 5.74) is -0.570. The first-order chi connectivity index (χ1) is 13.4. The highest BCUT2D eigenvalue weighted by Gasteiger charge is 2.51. The third kappa shape index (κ3) is 4.74. The van der Waals surface area contributed by atoms with Crippen LogP contribution in [-0.4, -0.2) is 88.5 Å². The summed E-state index contributed by atoms with van der Waals surface area (Å²) in [7, 11) is -4.65. The molecule has 2 bridgehead atoms. The largest absolute Gasteiger partial charge is 0.444 e. The molecule has 3 saturated heterocycles. The first kappa shape index (κ1) is 21.6. The maximum Gasteiger partial charge on any atom is 0.410 e. The minimum atomic E-state index is -4.65. The van der Waals surface area contributed by atoms with Gasteiger partial charge in [-0.15, -0.1) is 0 Å². The zero-order valence-electron chi connectivity index (χ0n) is 16.8. The lowest BCUT2D eigenvalue weighted by atomic mass is 9.99. The molecule has 3 fully saturated rings. The van der Waals surface area contributed by atoms with Crippen molar-refractivity contribution < 1.29 is 32.1 Å². The van der Waals surface area contributed by atoms with E-state index in [1.807, 2.05) is 0 Å². The van der Waals surface area contributed by atoms with Crippen molar-refractivity contribution in [3.63, 3.8) is 0 Å². The highest BCUT2D eigenvalue weighted by atomic mass is 32.2. The molecule has 12 heteroatoms. The Morgan fingerprint density at radius 1 is 1.14 bits per heavy atom. The van der Waals surface area contributed by atoms with Crippen molar-refractivity contribution in [3.8, 4) is 0 Å². The zero-order chi connectivity index (χ0) is 21.6. The van der Waals surface area contributed by atoms with Crippen molar-refractivity contribution in [2.45, 2.75) is 70.2 Å². The fraction of sp³-hybridized carbons (Fsp3) is 0.824. The van der Waals surface area contributed by atoms with Crippen LogP contribution in [0, 0.1) is 0 Å². The molecule has 3 aliphatic heterocycles. The Labute approximate surface area is 170 Å². The van der Waals surface area contributed by atoms with Crippen LogP contribution in [0.2, 0.25) is 0 Å². The number of likely N-dealkylation sites (tertiary alicyclic amines) is 1. The van der Waals surface area contributed by atoms with Crippen LogP contribution in [0.1, 0.15) is 46.5 Å². The number of hydrogen-bond acceptors (Lipinski definition) is 6. The van der Waals surface area contributed by atoms with E-state index in [1.165, 1.54) is 4.90 Å². The maximum atomic E-state index is 12.7. The van der Waals surface area contributed by atoms with Crippen LogP contribution in [0.3, 0.4) is 0 Å². The van der Waals surface area contributed by atoms with Gasteiger partial charge in [0.2, 0.25) is 5.91 Å². The van der Waals surface area contributed by atoms with Crippen LogP contribution < -0.4 is 5.32 Å². The van der Waals surface area contributed by atoms with Crippen LogP contribution in [0.25, 0.3) is 0 Å². The zero-order valence-corrected chi connectivity index (χ0v) is 17.6. The number of urea groups is 1. The van der Waals surface area contributed by atoms with Crippen LogP contribution in [0.5, 0.6) is 0 Å². The summed E-state index contributed by atoms with van der Waals surface area (Å²) in [5, 5.41) is 2.91. The Morgan fingerprint density at radius 3 is 2.31 bits per heavy atom. The Hall–Kier alpha value is -2.08. The van der Waals surface area contributed by atoms with Gasteiger partial charge in [0.1, 0.15) is 11.6 Å². The van der Waals surface area contributed by atoms with Gasteiger partial charge in [-0.25, -0.2) is 9.59 Å². The van der Waals surface area contributed by atoms with E-state index in [0.29, 0.717) is 43.1 Å². The van der Waals surface area contributed by atoms with Crippen molar-refractivity contribution in [3.05, 3.63) is 0 Å². The average Bonchev–Trinajstić information content (AvgIpc) is 2.84. The van der Waals surface area contributed by atoms with Gasteiger partial charge in [0.05, 0.1) is 6.04 Å². The van der Waals surface area contributed by atoms with E-state index in [2.05, 4.69) is 5.32 Å². The Bertz CT molecular complexity index is 786. The second-order valence-corrected chi connectivity index (χ2v) is 9.99. The lowest BCUT2D eigenvalue weighted by Gasteiger charge is -2.35. The monoisotopic (exact) mass is 432 g/mol. The number of fused-ring (bicyclic) bond motifs is 2. The van der Waals surface area contributed by atoms with Crippen molar-refractivity contribution in [2.75, 3.05) is 19.6 Å². The summed E-state index contributed by atoms with van der Waals surface area (Å²) in [5.74, 6) is -0.343. The van der Waals surface area contributed by atoms with E-state index >= 15 is 0 Å². The minimum Gasteiger partial charge on any atom is -0.444 e. The third-order valence-corrected chi connectivity index (χ3v) is 6.32. The Morgan fingerprint density at radius 2 is 1.76 bits per heavy atom.